The molecule has 0 atom stereocenters. The van der Waals surface area contributed by atoms with Gasteiger partial charge in [0.25, 0.3) is 0 Å². The zero-order chi connectivity index (χ0) is 14.7. The maximum Gasteiger partial charge on any atom is 0.315 e. The molecule has 0 saturated carbocycles. The van der Waals surface area contributed by atoms with E-state index in [9.17, 15) is 14.4 Å². The highest BCUT2D eigenvalue weighted by Crippen LogP contribution is 1.86. The summed E-state index contributed by atoms with van der Waals surface area (Å²) in [5, 5.41) is 7.10. The molecule has 0 radical (unpaired) electrons. The first-order valence-corrected chi connectivity index (χ1v) is 6.04. The van der Waals surface area contributed by atoms with Gasteiger partial charge in [0.2, 0.25) is 11.8 Å². The number of nitrogens with zero attached hydrogens (tertiary/aromatic N) is 1. The van der Waals surface area contributed by atoms with Crippen molar-refractivity contribution in [3.05, 3.63) is 0 Å². The maximum absolute atomic E-state index is 11.6. The Morgan fingerprint density at radius 1 is 1.05 bits per heavy atom. The molecule has 0 aromatic heterocycles. The molecule has 0 unspecified atom stereocenters. The second kappa shape index (κ2) is 9.76. The summed E-state index contributed by atoms with van der Waals surface area (Å²) >= 11 is 0. The van der Waals surface area contributed by atoms with Gasteiger partial charge in [0.15, 0.2) is 0 Å². The fourth-order valence-corrected chi connectivity index (χ4v) is 1.28. The van der Waals surface area contributed by atoms with Gasteiger partial charge in [-0.25, -0.2) is 4.79 Å². The molecule has 0 aromatic rings. The van der Waals surface area contributed by atoms with Gasteiger partial charge < -0.3 is 20.9 Å². The first-order chi connectivity index (χ1) is 9.04. The lowest BCUT2D eigenvalue weighted by molar-refractivity contribution is -0.129. The number of hydrogen-bond donors (Lipinski definition) is 3. The lowest BCUT2D eigenvalue weighted by atomic mass is 10.4. The minimum absolute atomic E-state index is 0.0977. The van der Waals surface area contributed by atoms with Gasteiger partial charge in [-0.05, 0) is 13.8 Å². The van der Waals surface area contributed by atoms with Crippen molar-refractivity contribution in [3.63, 3.8) is 0 Å². The van der Waals surface area contributed by atoms with E-state index in [0.717, 1.165) is 0 Å². The van der Waals surface area contributed by atoms with Crippen LogP contribution in [-0.2, 0) is 9.59 Å². The fraction of sp³-hybridized carbons (Fsp3) is 0.583. The van der Waals surface area contributed by atoms with Gasteiger partial charge in [-0.15, -0.1) is 6.42 Å². The Balaban J connectivity index is 3.85. The number of terminal acetylenes is 1. The molecule has 0 aliphatic heterocycles. The van der Waals surface area contributed by atoms with Crippen LogP contribution in [0, 0.1) is 12.3 Å². The third kappa shape index (κ3) is 7.65. The molecule has 19 heavy (non-hydrogen) atoms. The van der Waals surface area contributed by atoms with Crippen LogP contribution in [0.1, 0.15) is 13.8 Å². The second-order valence-corrected chi connectivity index (χ2v) is 3.58. The highest BCUT2D eigenvalue weighted by atomic mass is 16.2. The van der Waals surface area contributed by atoms with Gasteiger partial charge in [-0.1, -0.05) is 5.92 Å². The fourth-order valence-electron chi connectivity index (χ4n) is 1.28. The first-order valence-electron chi connectivity index (χ1n) is 6.04. The Morgan fingerprint density at radius 3 is 2.16 bits per heavy atom. The Hall–Kier alpha value is -2.23. The van der Waals surface area contributed by atoms with Crippen LogP contribution in [0.4, 0.5) is 4.79 Å². The summed E-state index contributed by atoms with van der Waals surface area (Å²) in [6.45, 7) is 4.73. The van der Waals surface area contributed by atoms with E-state index in [1.54, 1.807) is 4.90 Å². The van der Waals surface area contributed by atoms with Crippen molar-refractivity contribution in [1.29, 1.82) is 0 Å². The first kappa shape index (κ1) is 16.8. The molecule has 0 fully saturated rings. The van der Waals surface area contributed by atoms with Crippen molar-refractivity contribution in [2.24, 2.45) is 0 Å². The molecule has 0 saturated heterocycles. The monoisotopic (exact) mass is 268 g/mol. The molecule has 106 valence electrons. The molecule has 0 heterocycles. The molecular formula is C12H20N4O3. The SMILES string of the molecule is C#CCNC(=O)CNC(=O)NCC(=O)N(CC)CC. The highest BCUT2D eigenvalue weighted by molar-refractivity contribution is 5.87. The van der Waals surface area contributed by atoms with Crippen molar-refractivity contribution < 1.29 is 14.4 Å². The van der Waals surface area contributed by atoms with Crippen LogP contribution < -0.4 is 16.0 Å². The lowest BCUT2D eigenvalue weighted by Crippen LogP contribution is -2.46. The van der Waals surface area contributed by atoms with Crippen LogP contribution in [-0.4, -0.2) is 55.5 Å². The van der Waals surface area contributed by atoms with Crippen LogP contribution in [0.3, 0.4) is 0 Å². The quantitative estimate of drug-likeness (QED) is 0.512. The summed E-state index contributed by atoms with van der Waals surface area (Å²) in [7, 11) is 0. The molecule has 7 heteroatoms. The van der Waals surface area contributed by atoms with Crippen LogP contribution in [0.5, 0.6) is 0 Å². The molecule has 7 nitrogen and oxygen atoms in total. The summed E-state index contributed by atoms with van der Waals surface area (Å²) in [5.41, 5.74) is 0. The van der Waals surface area contributed by atoms with Crippen LogP contribution in [0.2, 0.25) is 0 Å². The van der Waals surface area contributed by atoms with E-state index in [1.165, 1.54) is 0 Å². The minimum atomic E-state index is -0.573. The zero-order valence-corrected chi connectivity index (χ0v) is 11.3. The summed E-state index contributed by atoms with van der Waals surface area (Å²) in [4.78, 5) is 35.6. The highest BCUT2D eigenvalue weighted by Gasteiger charge is 2.11. The molecule has 3 N–H and O–H groups in total. The van der Waals surface area contributed by atoms with Gasteiger partial charge >= 0.3 is 6.03 Å². The van der Waals surface area contributed by atoms with Crippen LogP contribution >= 0.6 is 0 Å². The van der Waals surface area contributed by atoms with Crippen molar-refractivity contribution in [2.45, 2.75) is 13.8 Å². The summed E-state index contributed by atoms with van der Waals surface area (Å²) in [6, 6.07) is -0.573. The molecule has 0 spiro atoms. The van der Waals surface area contributed by atoms with E-state index in [1.807, 2.05) is 13.8 Å². The van der Waals surface area contributed by atoms with Gasteiger partial charge in [0.05, 0.1) is 19.6 Å². The van der Waals surface area contributed by atoms with Gasteiger partial charge in [-0.3, -0.25) is 9.59 Å². The van der Waals surface area contributed by atoms with E-state index in [-0.39, 0.29) is 31.4 Å². The van der Waals surface area contributed by atoms with Crippen LogP contribution in [0.25, 0.3) is 0 Å². The lowest BCUT2D eigenvalue weighted by Gasteiger charge is -2.18. The summed E-state index contributed by atoms with van der Waals surface area (Å²) < 4.78 is 0. The zero-order valence-electron chi connectivity index (χ0n) is 11.3. The third-order valence-corrected chi connectivity index (χ3v) is 2.31. The van der Waals surface area contributed by atoms with Crippen molar-refractivity contribution in [1.82, 2.24) is 20.9 Å². The Labute approximate surface area is 113 Å². The smallest absolute Gasteiger partial charge is 0.315 e. The maximum atomic E-state index is 11.6. The number of carbonyl (C=O) groups is 3. The van der Waals surface area contributed by atoms with Crippen molar-refractivity contribution in [3.8, 4) is 12.3 Å². The number of urea groups is 1. The molecular weight excluding hydrogens is 248 g/mol. The minimum Gasteiger partial charge on any atom is -0.344 e. The Kier molecular flexibility index (Phi) is 8.62. The van der Waals surface area contributed by atoms with E-state index in [0.29, 0.717) is 13.1 Å². The predicted molar refractivity (Wildman–Crippen MR) is 71.2 cm³/mol. The second-order valence-electron chi connectivity index (χ2n) is 3.58. The molecule has 0 aliphatic carbocycles. The van der Waals surface area contributed by atoms with E-state index < -0.39 is 6.03 Å². The molecule has 0 rings (SSSR count). The van der Waals surface area contributed by atoms with Gasteiger partial charge in [-0.2, -0.15) is 0 Å². The third-order valence-electron chi connectivity index (χ3n) is 2.31. The largest absolute Gasteiger partial charge is 0.344 e. The Morgan fingerprint density at radius 2 is 1.63 bits per heavy atom. The molecule has 0 aliphatic rings. The predicted octanol–water partition coefficient (Wildman–Crippen LogP) is -1.10. The normalized spacial score (nSPS) is 9.11. The summed E-state index contributed by atoms with van der Waals surface area (Å²) in [6.07, 6.45) is 4.96. The number of amides is 4. The van der Waals surface area contributed by atoms with Gasteiger partial charge in [0.1, 0.15) is 0 Å². The number of carbonyl (C=O) groups excluding carboxylic acids is 3. The average molecular weight is 268 g/mol. The van der Waals surface area contributed by atoms with E-state index >= 15 is 0 Å². The Bertz CT molecular complexity index is 358. The van der Waals surface area contributed by atoms with Crippen molar-refractivity contribution >= 4 is 17.8 Å². The number of nitrogens with one attached hydrogen (secondary N) is 3. The number of hydrogen-bond acceptors (Lipinski definition) is 3. The topological polar surface area (TPSA) is 90.5 Å². The van der Waals surface area contributed by atoms with Crippen molar-refractivity contribution in [2.75, 3.05) is 32.7 Å². The molecule has 0 bridgehead atoms. The van der Waals surface area contributed by atoms with Gasteiger partial charge in [0, 0.05) is 13.1 Å². The van der Waals surface area contributed by atoms with E-state index in [2.05, 4.69) is 21.9 Å². The molecule has 0 aromatic carbocycles. The number of rotatable bonds is 7. The van der Waals surface area contributed by atoms with Crippen LogP contribution in [0.15, 0.2) is 0 Å². The summed E-state index contributed by atoms with van der Waals surface area (Å²) in [5.74, 6) is 1.69. The van der Waals surface area contributed by atoms with E-state index in [4.69, 9.17) is 6.42 Å². The standard InChI is InChI=1S/C12H20N4O3/c1-4-7-13-10(17)8-14-12(19)15-9-11(18)16(5-2)6-3/h1H,5-9H2,2-3H3,(H,13,17)(H2,14,15,19). The molecule has 4 amide bonds. The number of likely N-dealkylation sites (N-methyl/N-ethyl adjacent to an activating group) is 1. The average Bonchev–Trinajstić information content (AvgIpc) is 2.41.